The molecule has 0 saturated carbocycles. The lowest BCUT2D eigenvalue weighted by atomic mass is 10.1. The van der Waals surface area contributed by atoms with Crippen LogP contribution in [0.4, 0.5) is 0 Å². The summed E-state index contributed by atoms with van der Waals surface area (Å²) in [4.78, 5) is 2.44. The predicted octanol–water partition coefficient (Wildman–Crippen LogP) is 3.95. The van der Waals surface area contributed by atoms with Crippen molar-refractivity contribution in [2.24, 2.45) is 0 Å². The van der Waals surface area contributed by atoms with Gasteiger partial charge in [-0.05, 0) is 25.1 Å². The summed E-state index contributed by atoms with van der Waals surface area (Å²) in [5.41, 5.74) is 3.82. The maximum absolute atomic E-state index is 6.27. The molecule has 1 atom stereocenters. The van der Waals surface area contributed by atoms with E-state index in [1.165, 1.54) is 16.7 Å². The number of ether oxygens (including phenoxy) is 1. The molecule has 0 aromatic heterocycles. The van der Waals surface area contributed by atoms with Gasteiger partial charge in [0.2, 0.25) is 0 Å². The molecule has 0 aliphatic carbocycles. The van der Waals surface area contributed by atoms with E-state index in [0.29, 0.717) is 0 Å². The molecule has 2 aromatic rings. The van der Waals surface area contributed by atoms with Gasteiger partial charge in [-0.3, -0.25) is 4.90 Å². The van der Waals surface area contributed by atoms with E-state index < -0.39 is 0 Å². The molecular formula is C18H21NO. The summed E-state index contributed by atoms with van der Waals surface area (Å²) in [6.45, 7) is 7.27. The van der Waals surface area contributed by atoms with Gasteiger partial charge >= 0.3 is 0 Å². The lowest BCUT2D eigenvalue weighted by molar-refractivity contribution is 0.152. The van der Waals surface area contributed by atoms with Crippen molar-refractivity contribution in [3.8, 4) is 5.75 Å². The van der Waals surface area contributed by atoms with Gasteiger partial charge in [-0.2, -0.15) is 0 Å². The van der Waals surface area contributed by atoms with Gasteiger partial charge in [0, 0.05) is 18.7 Å². The van der Waals surface area contributed by atoms with E-state index in [1.807, 2.05) is 6.07 Å². The molecule has 0 radical (unpaired) electrons. The van der Waals surface area contributed by atoms with Crippen LogP contribution >= 0.6 is 0 Å². The Balaban J connectivity index is 1.93. The zero-order valence-corrected chi connectivity index (χ0v) is 12.2. The first kappa shape index (κ1) is 13.2. The third-order valence-corrected chi connectivity index (χ3v) is 3.96. The summed E-state index contributed by atoms with van der Waals surface area (Å²) < 4.78 is 6.27. The number of benzene rings is 2. The maximum atomic E-state index is 6.27. The molecule has 2 nitrogen and oxygen atoms in total. The summed E-state index contributed by atoms with van der Waals surface area (Å²) in [5, 5.41) is 0. The van der Waals surface area contributed by atoms with Crippen LogP contribution in [0.25, 0.3) is 0 Å². The monoisotopic (exact) mass is 267 g/mol. The number of para-hydroxylation sites is 1. The first-order valence-electron chi connectivity index (χ1n) is 7.29. The van der Waals surface area contributed by atoms with Crippen LogP contribution in [0, 0.1) is 6.92 Å². The van der Waals surface area contributed by atoms with E-state index >= 15 is 0 Å². The van der Waals surface area contributed by atoms with Crippen LogP contribution in [0.1, 0.15) is 29.7 Å². The van der Waals surface area contributed by atoms with Crippen LogP contribution in [0.3, 0.4) is 0 Å². The van der Waals surface area contributed by atoms with Crippen molar-refractivity contribution in [1.29, 1.82) is 0 Å². The normalized spacial score (nSPS) is 19.0. The fourth-order valence-electron chi connectivity index (χ4n) is 2.68. The molecule has 0 N–H and O–H groups in total. The van der Waals surface area contributed by atoms with Gasteiger partial charge in [0.25, 0.3) is 0 Å². The van der Waals surface area contributed by atoms with Crippen molar-refractivity contribution in [2.45, 2.75) is 26.5 Å². The SMILES string of the molecule is CCN1Cc2ccccc2OC(c2ccc(C)cc2)C1. The van der Waals surface area contributed by atoms with Crippen molar-refractivity contribution in [3.63, 3.8) is 0 Å². The Labute approximate surface area is 121 Å². The molecular weight excluding hydrogens is 246 g/mol. The number of nitrogens with zero attached hydrogens (tertiary/aromatic N) is 1. The highest BCUT2D eigenvalue weighted by Crippen LogP contribution is 2.30. The molecule has 104 valence electrons. The quantitative estimate of drug-likeness (QED) is 0.817. The Hall–Kier alpha value is -1.80. The molecule has 2 heteroatoms. The summed E-state index contributed by atoms with van der Waals surface area (Å²) in [6, 6.07) is 17.1. The molecule has 1 heterocycles. The Kier molecular flexibility index (Phi) is 3.75. The minimum Gasteiger partial charge on any atom is -0.484 e. The third-order valence-electron chi connectivity index (χ3n) is 3.96. The van der Waals surface area contributed by atoms with Crippen molar-refractivity contribution in [2.75, 3.05) is 13.1 Å². The predicted molar refractivity (Wildman–Crippen MR) is 81.9 cm³/mol. The summed E-state index contributed by atoms with van der Waals surface area (Å²) in [7, 11) is 0. The number of aryl methyl sites for hydroxylation is 1. The van der Waals surface area contributed by atoms with Crippen LogP contribution in [0.2, 0.25) is 0 Å². The number of rotatable bonds is 2. The van der Waals surface area contributed by atoms with Crippen molar-refractivity contribution < 1.29 is 4.74 Å². The zero-order valence-electron chi connectivity index (χ0n) is 12.2. The largest absolute Gasteiger partial charge is 0.484 e. The number of hydrogen-bond acceptors (Lipinski definition) is 2. The Bertz CT molecular complexity index is 576. The summed E-state index contributed by atoms with van der Waals surface area (Å²) in [6.07, 6.45) is 0.110. The zero-order chi connectivity index (χ0) is 13.9. The first-order chi connectivity index (χ1) is 9.76. The molecule has 2 aromatic carbocycles. The minimum atomic E-state index is 0.110. The summed E-state index contributed by atoms with van der Waals surface area (Å²) >= 11 is 0. The standard InChI is InChI=1S/C18H21NO/c1-3-19-12-16-6-4-5-7-17(16)20-18(13-19)15-10-8-14(2)9-11-15/h4-11,18H,3,12-13H2,1-2H3. The molecule has 0 fully saturated rings. The fraction of sp³-hybridized carbons (Fsp3) is 0.333. The molecule has 0 saturated heterocycles. The molecule has 20 heavy (non-hydrogen) atoms. The highest BCUT2D eigenvalue weighted by molar-refractivity contribution is 5.35. The second kappa shape index (κ2) is 5.68. The molecule has 3 rings (SSSR count). The van der Waals surface area contributed by atoms with Gasteiger partial charge in [0.05, 0.1) is 0 Å². The molecule has 0 bridgehead atoms. The van der Waals surface area contributed by atoms with Gasteiger partial charge in [-0.1, -0.05) is 55.0 Å². The van der Waals surface area contributed by atoms with E-state index in [9.17, 15) is 0 Å². The second-order valence-corrected chi connectivity index (χ2v) is 5.45. The van der Waals surface area contributed by atoms with Crippen LogP contribution in [-0.2, 0) is 6.54 Å². The van der Waals surface area contributed by atoms with E-state index in [1.54, 1.807) is 0 Å². The van der Waals surface area contributed by atoms with Crippen LogP contribution < -0.4 is 4.74 Å². The average Bonchev–Trinajstić information content (AvgIpc) is 2.67. The highest BCUT2D eigenvalue weighted by Gasteiger charge is 2.23. The average molecular weight is 267 g/mol. The Morgan fingerprint density at radius 2 is 1.85 bits per heavy atom. The van der Waals surface area contributed by atoms with Crippen LogP contribution in [-0.4, -0.2) is 18.0 Å². The van der Waals surface area contributed by atoms with Crippen molar-refractivity contribution >= 4 is 0 Å². The van der Waals surface area contributed by atoms with Crippen molar-refractivity contribution in [3.05, 3.63) is 65.2 Å². The lowest BCUT2D eigenvalue weighted by Gasteiger charge is -2.22. The number of fused-ring (bicyclic) bond motifs is 1. The molecule has 0 spiro atoms. The minimum absolute atomic E-state index is 0.110. The lowest BCUT2D eigenvalue weighted by Crippen LogP contribution is -2.27. The van der Waals surface area contributed by atoms with Crippen LogP contribution in [0.15, 0.2) is 48.5 Å². The number of hydrogen-bond donors (Lipinski definition) is 0. The molecule has 1 unspecified atom stereocenters. The van der Waals surface area contributed by atoms with Crippen LogP contribution in [0.5, 0.6) is 5.75 Å². The van der Waals surface area contributed by atoms with E-state index in [4.69, 9.17) is 4.74 Å². The highest BCUT2D eigenvalue weighted by atomic mass is 16.5. The van der Waals surface area contributed by atoms with Gasteiger partial charge in [0.1, 0.15) is 11.9 Å². The smallest absolute Gasteiger partial charge is 0.136 e. The molecule has 1 aliphatic heterocycles. The van der Waals surface area contributed by atoms with E-state index in [2.05, 4.69) is 61.2 Å². The topological polar surface area (TPSA) is 12.5 Å². The second-order valence-electron chi connectivity index (χ2n) is 5.45. The maximum Gasteiger partial charge on any atom is 0.136 e. The van der Waals surface area contributed by atoms with Gasteiger partial charge < -0.3 is 4.74 Å². The van der Waals surface area contributed by atoms with Gasteiger partial charge in [-0.15, -0.1) is 0 Å². The first-order valence-corrected chi connectivity index (χ1v) is 7.29. The Morgan fingerprint density at radius 1 is 1.10 bits per heavy atom. The third kappa shape index (κ3) is 2.70. The van der Waals surface area contributed by atoms with E-state index in [-0.39, 0.29) is 6.10 Å². The van der Waals surface area contributed by atoms with Gasteiger partial charge in [-0.25, -0.2) is 0 Å². The number of likely N-dealkylation sites (N-methyl/N-ethyl adjacent to an activating group) is 1. The molecule has 1 aliphatic rings. The van der Waals surface area contributed by atoms with Crippen molar-refractivity contribution in [1.82, 2.24) is 4.90 Å². The summed E-state index contributed by atoms with van der Waals surface area (Å²) in [5.74, 6) is 1.02. The Morgan fingerprint density at radius 3 is 2.60 bits per heavy atom. The van der Waals surface area contributed by atoms with E-state index in [0.717, 1.165) is 25.4 Å². The fourth-order valence-corrected chi connectivity index (χ4v) is 2.68. The van der Waals surface area contributed by atoms with Gasteiger partial charge in [0.15, 0.2) is 0 Å². The molecule has 0 amide bonds.